The number of rotatable bonds is 4. The molecule has 3 aromatic rings. The second-order valence-corrected chi connectivity index (χ2v) is 9.95. The fourth-order valence-corrected chi connectivity index (χ4v) is 6.20. The van der Waals surface area contributed by atoms with Crippen LogP contribution in [0.2, 0.25) is 0 Å². The molecule has 2 amide bonds. The van der Waals surface area contributed by atoms with Gasteiger partial charge in [0.1, 0.15) is 0 Å². The second kappa shape index (κ2) is 8.32. The van der Waals surface area contributed by atoms with Crippen LogP contribution in [-0.2, 0) is 0 Å². The van der Waals surface area contributed by atoms with E-state index in [1.165, 1.54) is 25.7 Å². The van der Waals surface area contributed by atoms with E-state index >= 15 is 0 Å². The number of benzene rings is 2. The quantitative estimate of drug-likeness (QED) is 0.587. The summed E-state index contributed by atoms with van der Waals surface area (Å²) in [5, 5.41) is 3.00. The molecule has 0 radical (unpaired) electrons. The number of aromatic nitrogens is 2. The highest BCUT2D eigenvalue weighted by Crippen LogP contribution is 2.39. The zero-order valence-corrected chi connectivity index (χ0v) is 18.9. The van der Waals surface area contributed by atoms with Crippen LogP contribution in [0.3, 0.4) is 0 Å². The van der Waals surface area contributed by atoms with Crippen molar-refractivity contribution in [2.45, 2.75) is 63.5 Å². The summed E-state index contributed by atoms with van der Waals surface area (Å²) >= 11 is 0. The van der Waals surface area contributed by atoms with Crippen molar-refractivity contribution >= 4 is 28.5 Å². The number of likely N-dealkylation sites (tertiary alicyclic amines) is 1. The Hall–Kier alpha value is -3.15. The average Bonchev–Trinajstić information content (AvgIpc) is 3.57. The zero-order valence-electron chi connectivity index (χ0n) is 18.9. The molecule has 0 spiro atoms. The molecule has 2 bridgehead atoms. The van der Waals surface area contributed by atoms with Crippen molar-refractivity contribution in [3.8, 4) is 0 Å². The lowest BCUT2D eigenvalue weighted by Crippen LogP contribution is -2.35. The lowest BCUT2D eigenvalue weighted by Gasteiger charge is -2.26. The Morgan fingerprint density at radius 3 is 2.52 bits per heavy atom. The molecule has 1 saturated heterocycles. The van der Waals surface area contributed by atoms with Crippen LogP contribution in [0.25, 0.3) is 11.0 Å². The van der Waals surface area contributed by atoms with Crippen LogP contribution in [0.5, 0.6) is 0 Å². The highest BCUT2D eigenvalue weighted by atomic mass is 16.2. The SMILES string of the molecule is O=C(Nc1cc(C(=O)N2C[C@@H]3CCC[C@@H]2C3)c2c(c1)ncn2C1CCCC1)c1ccccc1. The smallest absolute Gasteiger partial charge is 0.256 e. The maximum atomic E-state index is 13.9. The molecule has 3 aliphatic rings. The van der Waals surface area contributed by atoms with Crippen molar-refractivity contribution in [3.63, 3.8) is 0 Å². The summed E-state index contributed by atoms with van der Waals surface area (Å²) in [6.45, 7) is 0.850. The molecule has 2 saturated carbocycles. The van der Waals surface area contributed by atoms with Gasteiger partial charge >= 0.3 is 0 Å². The van der Waals surface area contributed by atoms with Crippen molar-refractivity contribution in [1.29, 1.82) is 0 Å². The number of amides is 2. The molecular weight excluding hydrogens is 412 g/mol. The molecule has 3 fully saturated rings. The molecule has 6 heteroatoms. The molecule has 1 aromatic heterocycles. The van der Waals surface area contributed by atoms with E-state index in [0.29, 0.717) is 34.8 Å². The third kappa shape index (κ3) is 3.71. The predicted octanol–water partition coefficient (Wildman–Crippen LogP) is 5.42. The number of carbonyl (C=O) groups excluding carboxylic acids is 2. The number of nitrogens with one attached hydrogen (secondary N) is 1. The highest BCUT2D eigenvalue weighted by molar-refractivity contribution is 6.10. The number of imidazole rings is 1. The molecule has 170 valence electrons. The first-order chi connectivity index (χ1) is 16.2. The Labute approximate surface area is 194 Å². The van der Waals surface area contributed by atoms with Gasteiger partial charge in [-0.2, -0.15) is 0 Å². The topological polar surface area (TPSA) is 67.2 Å². The molecular formula is C27H30N4O2. The standard InChI is InChI=1S/C27H30N4O2/c32-26(19-8-2-1-3-9-19)29-20-14-23(27(33)30-16-18-7-6-12-22(30)13-18)25-24(15-20)28-17-31(25)21-10-4-5-11-21/h1-3,8-9,14-15,17-18,21-22H,4-7,10-13,16H2,(H,29,32)/t18-,22-/m1/s1. The normalized spacial score (nSPS) is 22.7. The summed E-state index contributed by atoms with van der Waals surface area (Å²) in [6.07, 6.45) is 11.2. The fourth-order valence-electron chi connectivity index (χ4n) is 6.20. The van der Waals surface area contributed by atoms with Gasteiger partial charge in [-0.3, -0.25) is 9.59 Å². The number of hydrogen-bond donors (Lipinski definition) is 1. The Morgan fingerprint density at radius 1 is 0.939 bits per heavy atom. The molecule has 33 heavy (non-hydrogen) atoms. The Balaban J connectivity index is 1.41. The largest absolute Gasteiger partial charge is 0.335 e. The van der Waals surface area contributed by atoms with Crippen molar-refractivity contribution in [1.82, 2.24) is 14.5 Å². The predicted molar refractivity (Wildman–Crippen MR) is 128 cm³/mol. The average molecular weight is 443 g/mol. The Morgan fingerprint density at radius 2 is 1.73 bits per heavy atom. The van der Waals surface area contributed by atoms with E-state index in [0.717, 1.165) is 43.3 Å². The van der Waals surface area contributed by atoms with Crippen LogP contribution >= 0.6 is 0 Å². The second-order valence-electron chi connectivity index (χ2n) is 9.95. The minimum absolute atomic E-state index is 0.0879. The van der Waals surface area contributed by atoms with E-state index in [1.807, 2.05) is 36.7 Å². The molecule has 6 nitrogen and oxygen atoms in total. The minimum Gasteiger partial charge on any atom is -0.335 e. The number of anilines is 1. The number of nitrogens with zero attached hydrogens (tertiary/aromatic N) is 3. The van der Waals surface area contributed by atoms with Gasteiger partial charge in [-0.1, -0.05) is 37.5 Å². The third-order valence-electron chi connectivity index (χ3n) is 7.82. The van der Waals surface area contributed by atoms with Gasteiger partial charge in [0.2, 0.25) is 0 Å². The van der Waals surface area contributed by atoms with Crippen LogP contribution < -0.4 is 5.32 Å². The molecule has 2 atom stereocenters. The van der Waals surface area contributed by atoms with Gasteiger partial charge in [0.05, 0.1) is 22.9 Å². The van der Waals surface area contributed by atoms with Gasteiger partial charge in [-0.15, -0.1) is 0 Å². The van der Waals surface area contributed by atoms with Crippen LogP contribution in [0, 0.1) is 5.92 Å². The van der Waals surface area contributed by atoms with Gasteiger partial charge in [-0.25, -0.2) is 4.98 Å². The fraction of sp³-hybridized carbons (Fsp3) is 0.444. The van der Waals surface area contributed by atoms with Gasteiger partial charge < -0.3 is 14.8 Å². The highest BCUT2D eigenvalue weighted by Gasteiger charge is 2.39. The number of fused-ring (bicyclic) bond motifs is 3. The number of carbonyl (C=O) groups is 2. The maximum absolute atomic E-state index is 13.9. The molecule has 2 aromatic carbocycles. The zero-order chi connectivity index (χ0) is 22.4. The third-order valence-corrected chi connectivity index (χ3v) is 7.82. The first kappa shape index (κ1) is 20.5. The Bertz CT molecular complexity index is 1200. The van der Waals surface area contributed by atoms with E-state index < -0.39 is 0 Å². The van der Waals surface area contributed by atoms with Crippen molar-refractivity contribution < 1.29 is 9.59 Å². The summed E-state index contributed by atoms with van der Waals surface area (Å²) < 4.78 is 2.22. The summed E-state index contributed by atoms with van der Waals surface area (Å²) in [5.74, 6) is 0.537. The maximum Gasteiger partial charge on any atom is 0.256 e. The Kier molecular flexibility index (Phi) is 5.16. The van der Waals surface area contributed by atoms with Gasteiger partial charge in [-0.05, 0) is 62.3 Å². The van der Waals surface area contributed by atoms with Crippen molar-refractivity contribution in [2.24, 2.45) is 5.92 Å². The van der Waals surface area contributed by atoms with Crippen LogP contribution in [0.1, 0.15) is 78.1 Å². The molecule has 2 aliphatic carbocycles. The monoisotopic (exact) mass is 442 g/mol. The van der Waals surface area contributed by atoms with Gasteiger partial charge in [0.15, 0.2) is 0 Å². The van der Waals surface area contributed by atoms with Crippen molar-refractivity contribution in [3.05, 3.63) is 59.9 Å². The molecule has 0 unspecified atom stereocenters. The summed E-state index contributed by atoms with van der Waals surface area (Å²) in [6, 6.07) is 13.7. The van der Waals surface area contributed by atoms with E-state index in [2.05, 4.69) is 19.8 Å². The lowest BCUT2D eigenvalue weighted by molar-refractivity contribution is 0.0734. The molecule has 2 heterocycles. The summed E-state index contributed by atoms with van der Waals surface area (Å²) in [7, 11) is 0. The van der Waals surface area contributed by atoms with E-state index in [4.69, 9.17) is 0 Å². The van der Waals surface area contributed by atoms with Gasteiger partial charge in [0.25, 0.3) is 11.8 Å². The van der Waals surface area contributed by atoms with Gasteiger partial charge in [0, 0.05) is 29.9 Å². The summed E-state index contributed by atoms with van der Waals surface area (Å²) in [4.78, 5) is 33.5. The lowest BCUT2D eigenvalue weighted by atomic mass is 9.90. The summed E-state index contributed by atoms with van der Waals surface area (Å²) in [5.41, 5.74) is 3.59. The first-order valence-electron chi connectivity index (χ1n) is 12.4. The van der Waals surface area contributed by atoms with Crippen LogP contribution in [0.15, 0.2) is 48.8 Å². The minimum atomic E-state index is -0.180. The van der Waals surface area contributed by atoms with E-state index in [-0.39, 0.29) is 11.8 Å². The van der Waals surface area contributed by atoms with Crippen LogP contribution in [-0.4, -0.2) is 38.9 Å². The molecule has 1 aliphatic heterocycles. The van der Waals surface area contributed by atoms with Crippen molar-refractivity contribution in [2.75, 3.05) is 11.9 Å². The number of hydrogen-bond acceptors (Lipinski definition) is 3. The van der Waals surface area contributed by atoms with Crippen LogP contribution in [0.4, 0.5) is 5.69 Å². The first-order valence-corrected chi connectivity index (χ1v) is 12.4. The molecule has 1 N–H and O–H groups in total. The molecule has 6 rings (SSSR count). The van der Waals surface area contributed by atoms with E-state index in [1.54, 1.807) is 12.1 Å². The van der Waals surface area contributed by atoms with E-state index in [9.17, 15) is 9.59 Å².